The zero-order valence-corrected chi connectivity index (χ0v) is 9.69. The second kappa shape index (κ2) is 7.82. The van der Waals surface area contributed by atoms with E-state index in [0.29, 0.717) is 0 Å². The summed E-state index contributed by atoms with van der Waals surface area (Å²) in [5.74, 6) is -1.25. The van der Waals surface area contributed by atoms with Crippen LogP contribution in [0.5, 0.6) is 0 Å². The predicted octanol–water partition coefficient (Wildman–Crippen LogP) is 0.678. The van der Waals surface area contributed by atoms with Gasteiger partial charge in [-0.05, 0) is 19.7 Å². The van der Waals surface area contributed by atoms with Crippen molar-refractivity contribution in [1.82, 2.24) is 5.32 Å². The lowest BCUT2D eigenvalue weighted by Gasteiger charge is -2.07. The van der Waals surface area contributed by atoms with Crippen molar-refractivity contribution >= 4 is 18.6 Å². The number of methoxy groups -OCH3 is 1. The Morgan fingerprint density at radius 2 is 2.24 bits per heavy atom. The van der Waals surface area contributed by atoms with Gasteiger partial charge in [-0.1, -0.05) is 6.08 Å². The summed E-state index contributed by atoms with van der Waals surface area (Å²) in [4.78, 5) is 26.1. The van der Waals surface area contributed by atoms with Crippen molar-refractivity contribution in [2.45, 2.75) is 13.3 Å². The molecule has 0 atom stereocenters. The van der Waals surface area contributed by atoms with E-state index in [0.717, 1.165) is 0 Å². The van der Waals surface area contributed by atoms with Crippen LogP contribution in [-0.4, -0.2) is 25.7 Å². The molecule has 0 bridgehead atoms. The smallest absolute Gasteiger partial charge is 0.358 e. The van der Waals surface area contributed by atoms with Crippen LogP contribution in [0.15, 0.2) is 28.5 Å². The molecule has 90 valence electrons. The van der Waals surface area contributed by atoms with Crippen LogP contribution in [0.2, 0.25) is 0 Å². The van der Waals surface area contributed by atoms with Crippen LogP contribution in [0, 0.1) is 11.3 Å². The van der Waals surface area contributed by atoms with Crippen molar-refractivity contribution in [3.05, 3.63) is 23.5 Å². The minimum atomic E-state index is -0.717. The van der Waals surface area contributed by atoms with Gasteiger partial charge in [0.15, 0.2) is 5.70 Å². The number of carbonyl (C=O) groups is 2. The Morgan fingerprint density at radius 1 is 1.59 bits per heavy atom. The van der Waals surface area contributed by atoms with Gasteiger partial charge in [-0.2, -0.15) is 5.26 Å². The molecular formula is C11H13N3O3. The first-order valence-electron chi connectivity index (χ1n) is 4.69. The topological polar surface area (TPSA) is 91.5 Å². The van der Waals surface area contributed by atoms with E-state index in [2.05, 4.69) is 21.8 Å². The van der Waals surface area contributed by atoms with Crippen molar-refractivity contribution < 1.29 is 14.3 Å². The number of nitrogens with zero attached hydrogens (tertiary/aromatic N) is 2. The number of hydrogen-bond acceptors (Lipinski definition) is 5. The van der Waals surface area contributed by atoms with Gasteiger partial charge in [0.25, 0.3) is 0 Å². The highest BCUT2D eigenvalue weighted by atomic mass is 16.5. The summed E-state index contributed by atoms with van der Waals surface area (Å²) >= 11 is 0. The van der Waals surface area contributed by atoms with Crippen molar-refractivity contribution in [2.75, 3.05) is 7.11 Å². The van der Waals surface area contributed by atoms with Gasteiger partial charge < -0.3 is 10.1 Å². The van der Waals surface area contributed by atoms with Gasteiger partial charge in [0.05, 0.1) is 18.9 Å². The van der Waals surface area contributed by atoms with Crippen LogP contribution in [0.25, 0.3) is 0 Å². The molecule has 0 spiro atoms. The Labute approximate surface area is 99.3 Å². The van der Waals surface area contributed by atoms with Crippen LogP contribution >= 0.6 is 0 Å². The Bertz CT molecular complexity index is 416. The average Bonchev–Trinajstić information content (AvgIpc) is 2.30. The largest absolute Gasteiger partial charge is 0.464 e. The highest BCUT2D eigenvalue weighted by Crippen LogP contribution is 2.07. The molecule has 0 saturated carbocycles. The van der Waals surface area contributed by atoms with E-state index < -0.39 is 11.9 Å². The molecule has 0 aromatic carbocycles. The maximum absolute atomic E-state index is 11.3. The number of allylic oxidation sites excluding steroid dienone is 2. The predicted molar refractivity (Wildman–Crippen MR) is 61.8 cm³/mol. The summed E-state index contributed by atoms with van der Waals surface area (Å²) in [5, 5.41) is 10.7. The van der Waals surface area contributed by atoms with E-state index in [4.69, 9.17) is 5.26 Å². The van der Waals surface area contributed by atoms with Gasteiger partial charge in [0.1, 0.15) is 6.42 Å². The number of ether oxygens (including phenoxy) is 1. The Balaban J connectivity index is 5.24. The number of esters is 1. The molecule has 0 aromatic heterocycles. The molecule has 0 unspecified atom stereocenters. The van der Waals surface area contributed by atoms with Crippen LogP contribution in [-0.2, 0) is 14.3 Å². The van der Waals surface area contributed by atoms with Crippen LogP contribution < -0.4 is 5.32 Å². The fourth-order valence-corrected chi connectivity index (χ4v) is 0.969. The maximum atomic E-state index is 11.3. The van der Waals surface area contributed by atoms with Crippen molar-refractivity contribution in [2.24, 2.45) is 4.99 Å². The fraction of sp³-hybridized carbons (Fsp3) is 0.273. The third-order valence-electron chi connectivity index (χ3n) is 1.64. The summed E-state index contributed by atoms with van der Waals surface area (Å²) in [7, 11) is 1.19. The molecule has 17 heavy (non-hydrogen) atoms. The first kappa shape index (κ1) is 14.6. The SMILES string of the molecule is C=N/C(C(=O)OC)=C(\C=C/C)NC(=O)CC#N. The zero-order valence-electron chi connectivity index (χ0n) is 9.69. The number of amides is 1. The number of nitrogens with one attached hydrogen (secondary N) is 1. The van der Waals surface area contributed by atoms with Gasteiger partial charge in [0.2, 0.25) is 5.91 Å². The number of hydrogen-bond donors (Lipinski definition) is 1. The first-order chi connectivity index (χ1) is 8.10. The molecule has 0 fully saturated rings. The van der Waals surface area contributed by atoms with E-state index in [1.165, 1.54) is 13.2 Å². The molecule has 0 aliphatic carbocycles. The van der Waals surface area contributed by atoms with E-state index in [9.17, 15) is 9.59 Å². The molecule has 0 saturated heterocycles. The zero-order chi connectivity index (χ0) is 13.3. The van der Waals surface area contributed by atoms with E-state index in [1.54, 1.807) is 19.1 Å². The van der Waals surface area contributed by atoms with Gasteiger partial charge >= 0.3 is 5.97 Å². The number of carbonyl (C=O) groups excluding carboxylic acids is 2. The second-order valence-electron chi connectivity index (χ2n) is 2.80. The van der Waals surface area contributed by atoms with Crippen molar-refractivity contribution in [3.63, 3.8) is 0 Å². The molecule has 0 aromatic rings. The molecule has 0 aliphatic rings. The molecule has 6 nitrogen and oxygen atoms in total. The summed E-state index contributed by atoms with van der Waals surface area (Å²) in [5.41, 5.74) is 0.0338. The summed E-state index contributed by atoms with van der Waals surface area (Å²) < 4.78 is 4.49. The first-order valence-corrected chi connectivity index (χ1v) is 4.69. The molecule has 0 radical (unpaired) electrons. The van der Waals surface area contributed by atoms with E-state index in [1.807, 2.05) is 0 Å². The summed E-state index contributed by atoms with van der Waals surface area (Å²) in [6.45, 7) is 4.93. The van der Waals surface area contributed by atoms with Crippen molar-refractivity contribution in [3.8, 4) is 6.07 Å². The quantitative estimate of drug-likeness (QED) is 0.328. The standard InChI is InChI=1S/C11H13N3O3/c1-4-5-8(14-9(15)6-7-12)10(13-2)11(16)17-3/h4-5H,2,6H2,1,3H3,(H,14,15)/b5-4-,10-8+. The fourth-order valence-electron chi connectivity index (χ4n) is 0.969. The lowest BCUT2D eigenvalue weighted by Crippen LogP contribution is -2.24. The molecule has 1 N–H and O–H groups in total. The lowest BCUT2D eigenvalue weighted by atomic mass is 10.2. The normalized spacial score (nSPS) is 11.4. The highest BCUT2D eigenvalue weighted by Gasteiger charge is 2.14. The minimum absolute atomic E-state index is 0.114. The van der Waals surface area contributed by atoms with Crippen LogP contribution in [0.4, 0.5) is 0 Å². The number of nitriles is 1. The van der Waals surface area contributed by atoms with Gasteiger partial charge in [-0.15, -0.1) is 0 Å². The average molecular weight is 235 g/mol. The number of aliphatic imine (C=N–C) groups is 1. The second-order valence-corrected chi connectivity index (χ2v) is 2.80. The highest BCUT2D eigenvalue weighted by molar-refractivity contribution is 5.92. The molecule has 0 aliphatic heterocycles. The molecule has 0 heterocycles. The molecule has 1 amide bonds. The summed E-state index contributed by atoms with van der Waals surface area (Å²) in [6, 6.07) is 1.69. The summed E-state index contributed by atoms with van der Waals surface area (Å²) in [6.07, 6.45) is 2.76. The Morgan fingerprint density at radius 3 is 2.65 bits per heavy atom. The van der Waals surface area contributed by atoms with E-state index >= 15 is 0 Å². The van der Waals surface area contributed by atoms with Gasteiger partial charge in [0, 0.05) is 0 Å². The van der Waals surface area contributed by atoms with Crippen LogP contribution in [0.3, 0.4) is 0 Å². The maximum Gasteiger partial charge on any atom is 0.358 e. The molecule has 0 rings (SSSR count). The van der Waals surface area contributed by atoms with Crippen molar-refractivity contribution in [1.29, 1.82) is 5.26 Å². The molecular weight excluding hydrogens is 222 g/mol. The van der Waals surface area contributed by atoms with E-state index in [-0.39, 0.29) is 17.8 Å². The molecule has 6 heteroatoms. The van der Waals surface area contributed by atoms with Crippen LogP contribution in [0.1, 0.15) is 13.3 Å². The third-order valence-corrected chi connectivity index (χ3v) is 1.64. The van der Waals surface area contributed by atoms with Gasteiger partial charge in [-0.3, -0.25) is 9.79 Å². The number of rotatable bonds is 5. The third kappa shape index (κ3) is 4.75. The Kier molecular flexibility index (Phi) is 6.71. The minimum Gasteiger partial charge on any atom is -0.464 e. The van der Waals surface area contributed by atoms with Gasteiger partial charge in [-0.25, -0.2) is 4.79 Å². The monoisotopic (exact) mass is 235 g/mol. The Hall–Kier alpha value is -2.42. The lowest BCUT2D eigenvalue weighted by molar-refractivity contribution is -0.136.